The maximum absolute atomic E-state index is 8.27. The van der Waals surface area contributed by atoms with Crippen molar-refractivity contribution in [3.63, 3.8) is 0 Å². The molecular weight excluding hydrogens is 123 g/mol. The molecule has 0 amide bonds. The Morgan fingerprint density at radius 3 is 2.70 bits per heavy atom. The molecule has 0 aromatic rings. The van der Waals surface area contributed by atoms with E-state index in [-0.39, 0.29) is 5.70 Å². The van der Waals surface area contributed by atoms with Gasteiger partial charge in [-0.1, -0.05) is 5.57 Å². The molecule has 0 aliphatic heterocycles. The van der Waals surface area contributed by atoms with Crippen LogP contribution in [0.2, 0.25) is 0 Å². The summed E-state index contributed by atoms with van der Waals surface area (Å²) in [7, 11) is 5.11. The van der Waals surface area contributed by atoms with Crippen LogP contribution in [-0.2, 0) is 0 Å². The van der Waals surface area contributed by atoms with E-state index in [4.69, 9.17) is 19.7 Å². The highest BCUT2D eigenvalue weighted by Crippen LogP contribution is 2.00. The molecule has 0 atom stereocenters. The van der Waals surface area contributed by atoms with Gasteiger partial charge in [0.1, 0.15) is 7.85 Å². The lowest BCUT2D eigenvalue weighted by Gasteiger charge is -1.85. The Balaban J connectivity index is 4.49. The first-order chi connectivity index (χ1) is 4.74. The predicted octanol–water partition coefficient (Wildman–Crippen LogP) is 1.39. The lowest BCUT2D eigenvalue weighted by Crippen LogP contribution is -1.72. The summed E-state index contributed by atoms with van der Waals surface area (Å²) in [5.41, 5.74) is 0.770. The number of rotatable bonds is 1. The first-order valence-corrected chi connectivity index (χ1v) is 2.62. The Labute approximate surface area is 61.7 Å². The molecule has 2 nitrogen and oxygen atoms in total. The third-order valence-corrected chi connectivity index (χ3v) is 0.862. The Morgan fingerprint density at radius 2 is 2.40 bits per heavy atom. The van der Waals surface area contributed by atoms with Crippen molar-refractivity contribution in [3.05, 3.63) is 34.7 Å². The molecule has 0 N–H and O–H groups in total. The van der Waals surface area contributed by atoms with Crippen molar-refractivity contribution < 1.29 is 0 Å². The zero-order valence-corrected chi connectivity index (χ0v) is 5.63. The smallest absolute Gasteiger partial charge is 0.227 e. The standard InChI is InChI=1S/C7H5BN2/c1-6(4-8)3-7(5-9)10-2/h3-4H,1H3/b6-4+,7-3-. The third-order valence-electron chi connectivity index (χ3n) is 0.862. The first kappa shape index (κ1) is 8.52. The van der Waals surface area contributed by atoms with E-state index < -0.39 is 0 Å². The van der Waals surface area contributed by atoms with Gasteiger partial charge in [0, 0.05) is 0 Å². The molecule has 46 valence electrons. The second kappa shape index (κ2) is 4.41. The van der Waals surface area contributed by atoms with Crippen LogP contribution in [0.4, 0.5) is 0 Å². The van der Waals surface area contributed by atoms with Gasteiger partial charge in [0.2, 0.25) is 0 Å². The monoisotopic (exact) mass is 128 g/mol. The molecular formula is C7H5BN2. The SMILES string of the molecule is [B]/C=C(C)/C=C(/C#N)[N+]#[C-]. The summed E-state index contributed by atoms with van der Waals surface area (Å²) in [5.74, 6) is 1.35. The van der Waals surface area contributed by atoms with Gasteiger partial charge < -0.3 is 0 Å². The molecule has 0 aromatic carbocycles. The van der Waals surface area contributed by atoms with E-state index in [1.807, 2.05) is 0 Å². The van der Waals surface area contributed by atoms with E-state index in [0.717, 1.165) is 0 Å². The zero-order chi connectivity index (χ0) is 7.98. The molecule has 0 aliphatic carbocycles. The van der Waals surface area contributed by atoms with Crippen LogP contribution < -0.4 is 0 Å². The highest BCUT2D eigenvalue weighted by molar-refractivity contribution is 6.17. The minimum absolute atomic E-state index is 0.0548. The second-order valence-corrected chi connectivity index (χ2v) is 1.66. The Morgan fingerprint density at radius 1 is 1.80 bits per heavy atom. The fraction of sp³-hybridized carbons (Fsp3) is 0.143. The molecule has 0 aromatic heterocycles. The minimum Gasteiger partial charge on any atom is -0.227 e. The molecule has 0 fully saturated rings. The molecule has 0 spiro atoms. The van der Waals surface area contributed by atoms with Gasteiger partial charge in [0.15, 0.2) is 0 Å². The van der Waals surface area contributed by atoms with Crippen LogP contribution >= 0.6 is 0 Å². The van der Waals surface area contributed by atoms with Gasteiger partial charge in [0.25, 0.3) is 5.70 Å². The number of hydrogen-bond donors (Lipinski definition) is 0. The van der Waals surface area contributed by atoms with E-state index in [9.17, 15) is 0 Å². The van der Waals surface area contributed by atoms with E-state index in [1.165, 1.54) is 12.1 Å². The molecule has 10 heavy (non-hydrogen) atoms. The average molecular weight is 128 g/mol. The Kier molecular flexibility index (Phi) is 3.76. The predicted molar refractivity (Wildman–Crippen MR) is 39.8 cm³/mol. The number of allylic oxidation sites excluding steroid dienone is 3. The van der Waals surface area contributed by atoms with Crippen LogP contribution in [0.15, 0.2) is 23.3 Å². The van der Waals surface area contributed by atoms with E-state index in [0.29, 0.717) is 5.57 Å². The van der Waals surface area contributed by atoms with Crippen LogP contribution in [0.3, 0.4) is 0 Å². The van der Waals surface area contributed by atoms with Gasteiger partial charge in [0.05, 0.1) is 12.6 Å². The van der Waals surface area contributed by atoms with Crippen molar-refractivity contribution in [2.24, 2.45) is 0 Å². The summed E-state index contributed by atoms with van der Waals surface area (Å²) in [6.45, 7) is 8.22. The minimum atomic E-state index is 0.0548. The number of nitriles is 1. The molecule has 0 unspecified atom stereocenters. The molecule has 3 heteroatoms. The maximum atomic E-state index is 8.27. The van der Waals surface area contributed by atoms with Crippen LogP contribution in [0.5, 0.6) is 0 Å². The van der Waals surface area contributed by atoms with Gasteiger partial charge in [-0.3, -0.25) is 0 Å². The summed E-state index contributed by atoms with van der Waals surface area (Å²) >= 11 is 0. The van der Waals surface area contributed by atoms with Crippen molar-refractivity contribution in [2.75, 3.05) is 0 Å². The second-order valence-electron chi connectivity index (χ2n) is 1.66. The molecule has 0 bridgehead atoms. The highest BCUT2D eigenvalue weighted by Gasteiger charge is 1.89. The molecule has 2 radical (unpaired) electrons. The summed E-state index contributed by atoms with van der Waals surface area (Å²) in [4.78, 5) is 2.95. The van der Waals surface area contributed by atoms with Gasteiger partial charge in [-0.2, -0.15) is 0 Å². The van der Waals surface area contributed by atoms with Gasteiger partial charge >= 0.3 is 0 Å². The average Bonchev–Trinajstić information content (AvgIpc) is 1.99. The maximum Gasteiger partial charge on any atom is 0.262 e. The summed E-state index contributed by atoms with van der Waals surface area (Å²) < 4.78 is 0. The van der Waals surface area contributed by atoms with E-state index in [2.05, 4.69) is 4.85 Å². The van der Waals surface area contributed by atoms with Crippen LogP contribution in [0, 0.1) is 17.9 Å². The lowest BCUT2D eigenvalue weighted by atomic mass is 10.1. The largest absolute Gasteiger partial charge is 0.262 e. The number of hydrogen-bond acceptors (Lipinski definition) is 1. The quantitative estimate of drug-likeness (QED) is 0.227. The van der Waals surface area contributed by atoms with Gasteiger partial charge in [-0.15, -0.1) is 5.98 Å². The van der Waals surface area contributed by atoms with E-state index >= 15 is 0 Å². The van der Waals surface area contributed by atoms with Crippen molar-refractivity contribution in [3.8, 4) is 6.07 Å². The van der Waals surface area contributed by atoms with Gasteiger partial charge in [-0.25, -0.2) is 10.1 Å². The lowest BCUT2D eigenvalue weighted by molar-refractivity contribution is 1.46. The van der Waals surface area contributed by atoms with Crippen molar-refractivity contribution in [1.29, 1.82) is 5.26 Å². The molecule has 0 saturated carbocycles. The summed E-state index contributed by atoms with van der Waals surface area (Å²) in [5, 5.41) is 8.27. The first-order valence-electron chi connectivity index (χ1n) is 2.62. The highest BCUT2D eigenvalue weighted by atomic mass is 14.7. The van der Waals surface area contributed by atoms with Crippen molar-refractivity contribution >= 4 is 7.85 Å². The van der Waals surface area contributed by atoms with Crippen LogP contribution in [0.25, 0.3) is 4.85 Å². The van der Waals surface area contributed by atoms with Crippen molar-refractivity contribution in [2.45, 2.75) is 6.92 Å². The Bertz CT molecular complexity index is 234. The Hall–Kier alpha value is -1.48. The third kappa shape index (κ3) is 2.74. The zero-order valence-electron chi connectivity index (χ0n) is 5.63. The van der Waals surface area contributed by atoms with Crippen molar-refractivity contribution in [1.82, 2.24) is 0 Å². The summed E-state index contributed by atoms with van der Waals surface area (Å²) in [6, 6.07) is 1.73. The van der Waals surface area contributed by atoms with Crippen LogP contribution in [-0.4, -0.2) is 7.85 Å². The molecule has 0 heterocycles. The fourth-order valence-electron chi connectivity index (χ4n) is 0.353. The fourth-order valence-corrected chi connectivity index (χ4v) is 0.353. The van der Waals surface area contributed by atoms with Crippen LogP contribution in [0.1, 0.15) is 6.92 Å². The van der Waals surface area contributed by atoms with E-state index in [1.54, 1.807) is 13.0 Å². The normalized spacial score (nSPS) is 11.9. The molecule has 0 rings (SSSR count). The van der Waals surface area contributed by atoms with Gasteiger partial charge in [-0.05, 0) is 13.0 Å². The molecule has 0 saturated heterocycles. The molecule has 0 aliphatic rings. The topological polar surface area (TPSA) is 28.1 Å². The summed E-state index contributed by atoms with van der Waals surface area (Å²) in [6.07, 6.45) is 1.44. The number of nitrogens with zero attached hydrogens (tertiary/aromatic N) is 2.